The zero-order valence-electron chi connectivity index (χ0n) is 10.2. The molecule has 0 aromatic heterocycles. The highest BCUT2D eigenvalue weighted by molar-refractivity contribution is 9.10. The molecule has 0 amide bonds. The van der Waals surface area contributed by atoms with Gasteiger partial charge < -0.3 is 9.47 Å². The van der Waals surface area contributed by atoms with Gasteiger partial charge in [-0.1, -0.05) is 13.3 Å². The van der Waals surface area contributed by atoms with Crippen LogP contribution in [0.25, 0.3) is 0 Å². The molecule has 0 saturated carbocycles. The molecule has 0 unspecified atom stereocenters. The minimum atomic E-state index is -0.566. The summed E-state index contributed by atoms with van der Waals surface area (Å²) in [6.07, 6.45) is 2.58. The lowest BCUT2D eigenvalue weighted by molar-refractivity contribution is 0.0976. The lowest BCUT2D eigenvalue weighted by Crippen LogP contribution is -2.08. The Labute approximate surface area is 114 Å². The van der Waals surface area contributed by atoms with E-state index < -0.39 is 5.82 Å². The van der Waals surface area contributed by atoms with E-state index in [4.69, 9.17) is 9.47 Å². The van der Waals surface area contributed by atoms with E-state index in [-0.39, 0.29) is 5.56 Å². The van der Waals surface area contributed by atoms with Crippen LogP contribution in [0.15, 0.2) is 16.6 Å². The van der Waals surface area contributed by atoms with E-state index in [1.807, 2.05) is 0 Å². The van der Waals surface area contributed by atoms with Crippen molar-refractivity contribution in [1.29, 1.82) is 0 Å². The van der Waals surface area contributed by atoms with E-state index in [0.29, 0.717) is 36.3 Å². The smallest absolute Gasteiger partial charge is 0.154 e. The van der Waals surface area contributed by atoms with Gasteiger partial charge in [0.2, 0.25) is 0 Å². The van der Waals surface area contributed by atoms with Gasteiger partial charge in [0.1, 0.15) is 18.2 Å². The molecule has 1 aromatic rings. The molecule has 1 rings (SSSR count). The summed E-state index contributed by atoms with van der Waals surface area (Å²) in [6, 6.07) is 2.69. The van der Waals surface area contributed by atoms with Crippen molar-refractivity contribution in [1.82, 2.24) is 0 Å². The van der Waals surface area contributed by atoms with Crippen molar-refractivity contribution in [3.05, 3.63) is 28.0 Å². The fourth-order valence-corrected chi connectivity index (χ4v) is 1.86. The number of hydrogen-bond donors (Lipinski definition) is 0. The molecule has 0 bridgehead atoms. The quantitative estimate of drug-likeness (QED) is 0.542. The van der Waals surface area contributed by atoms with Gasteiger partial charge in [0.25, 0.3) is 0 Å². The van der Waals surface area contributed by atoms with Crippen LogP contribution in [0.5, 0.6) is 5.75 Å². The number of carbonyl (C=O) groups excluding carboxylic acids is 1. The molecule has 0 radical (unpaired) electrons. The normalized spacial score (nSPS) is 10.4. The van der Waals surface area contributed by atoms with Crippen LogP contribution < -0.4 is 4.74 Å². The molecule has 18 heavy (non-hydrogen) atoms. The molecule has 0 atom stereocenters. The molecule has 0 heterocycles. The average Bonchev–Trinajstić information content (AvgIpc) is 2.36. The van der Waals surface area contributed by atoms with Crippen molar-refractivity contribution in [3.63, 3.8) is 0 Å². The average molecular weight is 319 g/mol. The van der Waals surface area contributed by atoms with Crippen molar-refractivity contribution in [2.24, 2.45) is 0 Å². The second kappa shape index (κ2) is 8.21. The van der Waals surface area contributed by atoms with E-state index in [9.17, 15) is 9.18 Å². The first kappa shape index (κ1) is 15.1. The first-order valence-corrected chi connectivity index (χ1v) is 6.63. The van der Waals surface area contributed by atoms with Gasteiger partial charge in [-0.2, -0.15) is 0 Å². The third kappa shape index (κ3) is 4.38. The Bertz CT molecular complexity index is 396. The number of carbonyl (C=O) groups is 1. The summed E-state index contributed by atoms with van der Waals surface area (Å²) in [5, 5.41) is 0. The Morgan fingerprint density at radius 2 is 2.11 bits per heavy atom. The third-order valence-electron chi connectivity index (χ3n) is 2.34. The first-order chi connectivity index (χ1) is 8.70. The van der Waals surface area contributed by atoms with Crippen LogP contribution in [-0.4, -0.2) is 26.1 Å². The van der Waals surface area contributed by atoms with Crippen molar-refractivity contribution in [2.45, 2.75) is 19.8 Å². The molecule has 5 heteroatoms. The van der Waals surface area contributed by atoms with Crippen LogP contribution in [0.4, 0.5) is 4.39 Å². The molecule has 100 valence electrons. The molecule has 0 spiro atoms. The maximum Gasteiger partial charge on any atom is 0.154 e. The van der Waals surface area contributed by atoms with Gasteiger partial charge in [-0.15, -0.1) is 0 Å². The predicted octanol–water partition coefficient (Wildman–Crippen LogP) is 3.60. The van der Waals surface area contributed by atoms with Crippen LogP contribution in [0.3, 0.4) is 0 Å². The summed E-state index contributed by atoms with van der Waals surface area (Å²) in [4.78, 5) is 10.7. The number of halogens is 2. The zero-order valence-corrected chi connectivity index (χ0v) is 11.8. The van der Waals surface area contributed by atoms with Crippen LogP contribution in [0, 0.1) is 5.82 Å². The molecule has 0 aliphatic carbocycles. The van der Waals surface area contributed by atoms with E-state index in [0.717, 1.165) is 12.8 Å². The van der Waals surface area contributed by atoms with E-state index in [1.54, 1.807) is 0 Å². The molecule has 0 aliphatic rings. The predicted molar refractivity (Wildman–Crippen MR) is 70.7 cm³/mol. The van der Waals surface area contributed by atoms with Crippen molar-refractivity contribution < 1.29 is 18.7 Å². The Morgan fingerprint density at radius 3 is 2.78 bits per heavy atom. The SMILES string of the molecule is CCCCOCCOc1ccc(F)c(C=O)c1Br. The molecule has 3 nitrogen and oxygen atoms in total. The van der Waals surface area contributed by atoms with Gasteiger partial charge in [-0.05, 0) is 34.5 Å². The van der Waals surface area contributed by atoms with E-state index >= 15 is 0 Å². The summed E-state index contributed by atoms with van der Waals surface area (Å²) in [5.74, 6) is -0.124. The summed E-state index contributed by atoms with van der Waals surface area (Å²) in [5.41, 5.74) is -0.0283. The maximum absolute atomic E-state index is 13.2. The highest BCUT2D eigenvalue weighted by Gasteiger charge is 2.11. The van der Waals surface area contributed by atoms with E-state index in [2.05, 4.69) is 22.9 Å². The monoisotopic (exact) mass is 318 g/mol. The number of hydrogen-bond acceptors (Lipinski definition) is 3. The number of unbranched alkanes of at least 4 members (excludes halogenated alkanes) is 1. The summed E-state index contributed by atoms with van der Waals surface area (Å²) < 4.78 is 24.3. The Hall–Kier alpha value is -0.940. The fourth-order valence-electron chi connectivity index (χ4n) is 1.33. The summed E-state index contributed by atoms with van der Waals surface area (Å²) in [7, 11) is 0. The minimum Gasteiger partial charge on any atom is -0.490 e. The fraction of sp³-hybridized carbons (Fsp3) is 0.462. The van der Waals surface area contributed by atoms with Gasteiger partial charge in [0.15, 0.2) is 6.29 Å². The third-order valence-corrected chi connectivity index (χ3v) is 3.15. The van der Waals surface area contributed by atoms with Crippen LogP contribution in [0.1, 0.15) is 30.1 Å². The van der Waals surface area contributed by atoms with Crippen LogP contribution >= 0.6 is 15.9 Å². The zero-order chi connectivity index (χ0) is 13.4. The molecule has 0 N–H and O–H groups in total. The first-order valence-electron chi connectivity index (χ1n) is 5.84. The van der Waals surface area contributed by atoms with E-state index in [1.165, 1.54) is 12.1 Å². The molecule has 0 saturated heterocycles. The largest absolute Gasteiger partial charge is 0.490 e. The lowest BCUT2D eigenvalue weighted by Gasteiger charge is -2.10. The molecule has 1 aromatic carbocycles. The minimum absolute atomic E-state index is 0.0283. The number of ether oxygens (including phenoxy) is 2. The maximum atomic E-state index is 13.2. The number of rotatable bonds is 8. The van der Waals surface area contributed by atoms with Crippen LogP contribution in [0.2, 0.25) is 0 Å². The second-order valence-electron chi connectivity index (χ2n) is 3.71. The molecular formula is C13H16BrFO3. The van der Waals surface area contributed by atoms with Crippen molar-refractivity contribution in [2.75, 3.05) is 19.8 Å². The van der Waals surface area contributed by atoms with Gasteiger partial charge in [0, 0.05) is 6.61 Å². The van der Waals surface area contributed by atoms with Gasteiger partial charge >= 0.3 is 0 Å². The van der Waals surface area contributed by atoms with Crippen molar-refractivity contribution >= 4 is 22.2 Å². The summed E-state index contributed by atoms with van der Waals surface area (Å²) in [6.45, 7) is 3.65. The molecule has 0 fully saturated rings. The highest BCUT2D eigenvalue weighted by atomic mass is 79.9. The Balaban J connectivity index is 2.45. The van der Waals surface area contributed by atoms with Crippen molar-refractivity contribution in [3.8, 4) is 5.75 Å². The Morgan fingerprint density at radius 1 is 1.33 bits per heavy atom. The number of aldehydes is 1. The highest BCUT2D eigenvalue weighted by Crippen LogP contribution is 2.29. The standard InChI is InChI=1S/C13H16BrFO3/c1-2-3-6-17-7-8-18-12-5-4-11(15)10(9-16)13(12)14/h4-5,9H,2-3,6-8H2,1H3. The lowest BCUT2D eigenvalue weighted by atomic mass is 10.2. The van der Waals surface area contributed by atoms with Crippen LogP contribution in [-0.2, 0) is 4.74 Å². The Kier molecular flexibility index (Phi) is 6.90. The molecule has 0 aliphatic heterocycles. The van der Waals surface area contributed by atoms with Gasteiger partial charge in [-0.3, -0.25) is 4.79 Å². The summed E-state index contributed by atoms with van der Waals surface area (Å²) >= 11 is 3.15. The topological polar surface area (TPSA) is 35.5 Å². The van der Waals surface area contributed by atoms with Gasteiger partial charge in [-0.25, -0.2) is 4.39 Å². The van der Waals surface area contributed by atoms with Gasteiger partial charge in [0.05, 0.1) is 16.6 Å². The number of benzene rings is 1. The molecular weight excluding hydrogens is 303 g/mol. The second-order valence-corrected chi connectivity index (χ2v) is 4.50.